The Morgan fingerprint density at radius 1 is 0.868 bits per heavy atom. The largest absolute Gasteiger partial charge is 0.465 e. The van der Waals surface area contributed by atoms with Crippen molar-refractivity contribution in [1.29, 1.82) is 0 Å². The minimum absolute atomic E-state index is 0.176. The van der Waals surface area contributed by atoms with Crippen LogP contribution in [-0.2, 0) is 36.8 Å². The Labute approximate surface area is 230 Å². The summed E-state index contributed by atoms with van der Waals surface area (Å²) in [4.78, 5) is 37.6. The van der Waals surface area contributed by atoms with E-state index in [0.717, 1.165) is 11.1 Å². The Morgan fingerprint density at radius 2 is 1.47 bits per heavy atom. The highest BCUT2D eigenvalue weighted by Crippen LogP contribution is 2.14. The van der Waals surface area contributed by atoms with Crippen molar-refractivity contribution >= 4 is 29.8 Å². The maximum Gasteiger partial charge on any atom is 0.407 e. The minimum atomic E-state index is -0.718. The third-order valence-electron chi connectivity index (χ3n) is 5.25. The molecule has 0 unspecified atom stereocenters. The molecule has 0 bridgehead atoms. The monoisotopic (exact) mass is 544 g/mol. The summed E-state index contributed by atoms with van der Waals surface area (Å²) in [6, 6.07) is 17.7. The molecule has 38 heavy (non-hydrogen) atoms. The summed E-state index contributed by atoms with van der Waals surface area (Å²) in [5.74, 6) is -0.0158. The minimum Gasteiger partial charge on any atom is -0.465 e. The zero-order valence-electron chi connectivity index (χ0n) is 22.9. The number of alkyl carbamates (subject to hydrolysis) is 1. The topological polar surface area (TPSA) is 103 Å². The summed E-state index contributed by atoms with van der Waals surface area (Å²) in [5.41, 5.74) is 1.34. The van der Waals surface area contributed by atoms with E-state index in [9.17, 15) is 14.4 Å². The molecular formula is C29H40N2O6S. The van der Waals surface area contributed by atoms with E-state index < -0.39 is 35.7 Å². The average Bonchev–Trinajstić information content (AvgIpc) is 2.87. The molecule has 0 aliphatic heterocycles. The van der Waals surface area contributed by atoms with Crippen LogP contribution in [0.1, 0.15) is 45.7 Å². The number of benzene rings is 2. The molecule has 0 aliphatic rings. The molecule has 0 aromatic heterocycles. The van der Waals surface area contributed by atoms with Crippen molar-refractivity contribution in [2.45, 2.75) is 71.4 Å². The SMILES string of the molecule is CCOC(=O)[C@H](CSC[C@H](Cc1ccccc1)NC(=O)OCc1ccccc1)N[C@@H](C)C(=O)OC(C)(C)C. The molecule has 0 saturated heterocycles. The number of hydrogen-bond acceptors (Lipinski definition) is 8. The molecule has 2 rings (SSSR count). The molecule has 208 valence electrons. The Balaban J connectivity index is 1.99. The fraction of sp³-hybridized carbons (Fsp3) is 0.483. The third-order valence-corrected chi connectivity index (χ3v) is 6.45. The maximum atomic E-state index is 12.6. The second-order valence-corrected chi connectivity index (χ2v) is 10.9. The zero-order chi connectivity index (χ0) is 28.0. The molecule has 3 atom stereocenters. The molecule has 1 amide bonds. The number of hydrogen-bond donors (Lipinski definition) is 2. The lowest BCUT2D eigenvalue weighted by Gasteiger charge is -2.25. The van der Waals surface area contributed by atoms with E-state index in [4.69, 9.17) is 14.2 Å². The number of thioether (sulfide) groups is 1. The number of esters is 2. The van der Waals surface area contributed by atoms with Crippen molar-refractivity contribution in [2.75, 3.05) is 18.1 Å². The van der Waals surface area contributed by atoms with Crippen LogP contribution in [0.3, 0.4) is 0 Å². The van der Waals surface area contributed by atoms with Gasteiger partial charge in [-0.25, -0.2) is 4.79 Å². The lowest BCUT2D eigenvalue weighted by atomic mass is 10.1. The second kappa shape index (κ2) is 16.0. The molecule has 0 saturated carbocycles. The van der Waals surface area contributed by atoms with Gasteiger partial charge < -0.3 is 19.5 Å². The van der Waals surface area contributed by atoms with Crippen molar-refractivity contribution < 1.29 is 28.6 Å². The van der Waals surface area contributed by atoms with Crippen molar-refractivity contribution in [3.8, 4) is 0 Å². The van der Waals surface area contributed by atoms with Gasteiger partial charge in [0.05, 0.1) is 6.61 Å². The number of carbonyl (C=O) groups excluding carboxylic acids is 3. The molecule has 0 fully saturated rings. The average molecular weight is 545 g/mol. The first-order valence-electron chi connectivity index (χ1n) is 12.8. The fourth-order valence-electron chi connectivity index (χ4n) is 3.50. The van der Waals surface area contributed by atoms with Crippen LogP contribution >= 0.6 is 11.8 Å². The molecule has 2 aromatic rings. The van der Waals surface area contributed by atoms with E-state index >= 15 is 0 Å². The van der Waals surface area contributed by atoms with E-state index in [1.54, 1.807) is 34.6 Å². The van der Waals surface area contributed by atoms with E-state index in [1.807, 2.05) is 60.7 Å². The van der Waals surface area contributed by atoms with Crippen LogP contribution in [-0.4, -0.2) is 59.9 Å². The fourth-order valence-corrected chi connectivity index (χ4v) is 4.59. The molecule has 0 heterocycles. The van der Waals surface area contributed by atoms with Crippen LogP contribution in [0, 0.1) is 0 Å². The number of rotatable bonds is 14. The van der Waals surface area contributed by atoms with Crippen molar-refractivity contribution in [3.05, 3.63) is 71.8 Å². The Hall–Kier alpha value is -3.04. The Kier molecular flexibility index (Phi) is 13.2. The summed E-state index contributed by atoms with van der Waals surface area (Å²) in [6.45, 7) is 9.18. The molecule has 2 aromatic carbocycles. The Morgan fingerprint density at radius 3 is 2.05 bits per heavy atom. The van der Waals surface area contributed by atoms with Gasteiger partial charge in [0.15, 0.2) is 0 Å². The van der Waals surface area contributed by atoms with Gasteiger partial charge in [-0.1, -0.05) is 60.7 Å². The van der Waals surface area contributed by atoms with Gasteiger partial charge in [0.1, 0.15) is 24.3 Å². The van der Waals surface area contributed by atoms with Crippen molar-refractivity contribution in [3.63, 3.8) is 0 Å². The van der Waals surface area contributed by atoms with Crippen LogP contribution in [0.2, 0.25) is 0 Å². The number of nitrogens with one attached hydrogen (secondary N) is 2. The molecule has 0 aliphatic carbocycles. The van der Waals surface area contributed by atoms with Gasteiger partial charge in [0, 0.05) is 17.5 Å². The van der Waals surface area contributed by atoms with E-state index in [0.29, 0.717) is 17.9 Å². The number of amides is 1. The first-order chi connectivity index (χ1) is 18.1. The highest BCUT2D eigenvalue weighted by Gasteiger charge is 2.28. The molecule has 0 spiro atoms. The lowest BCUT2D eigenvalue weighted by molar-refractivity contribution is -0.157. The van der Waals surface area contributed by atoms with Crippen LogP contribution in [0.25, 0.3) is 0 Å². The lowest BCUT2D eigenvalue weighted by Crippen LogP contribution is -2.49. The highest BCUT2D eigenvalue weighted by molar-refractivity contribution is 7.99. The molecule has 9 heteroatoms. The second-order valence-electron chi connectivity index (χ2n) is 9.86. The van der Waals surface area contributed by atoms with Crippen LogP contribution in [0.15, 0.2) is 60.7 Å². The predicted octanol–water partition coefficient (Wildman–Crippen LogP) is 4.51. The summed E-state index contributed by atoms with van der Waals surface area (Å²) in [5, 5.41) is 6.00. The third kappa shape index (κ3) is 12.5. The number of ether oxygens (including phenoxy) is 3. The summed E-state index contributed by atoms with van der Waals surface area (Å²) in [7, 11) is 0. The van der Waals surface area contributed by atoms with Crippen LogP contribution < -0.4 is 10.6 Å². The van der Waals surface area contributed by atoms with E-state index in [1.165, 1.54) is 11.8 Å². The quantitative estimate of drug-likeness (QED) is 0.265. The maximum absolute atomic E-state index is 12.6. The summed E-state index contributed by atoms with van der Waals surface area (Å²) < 4.78 is 16.1. The van der Waals surface area contributed by atoms with E-state index in [-0.39, 0.29) is 19.3 Å². The van der Waals surface area contributed by atoms with Gasteiger partial charge in [-0.05, 0) is 52.2 Å². The number of carbonyl (C=O) groups is 3. The molecular weight excluding hydrogens is 504 g/mol. The van der Waals surface area contributed by atoms with Gasteiger partial charge in [-0.15, -0.1) is 0 Å². The summed E-state index contributed by atoms with van der Waals surface area (Å²) >= 11 is 1.48. The van der Waals surface area contributed by atoms with Crippen LogP contribution in [0.4, 0.5) is 4.79 Å². The highest BCUT2D eigenvalue weighted by atomic mass is 32.2. The van der Waals surface area contributed by atoms with Gasteiger partial charge in [-0.3, -0.25) is 14.9 Å². The molecule has 2 N–H and O–H groups in total. The smallest absolute Gasteiger partial charge is 0.407 e. The van der Waals surface area contributed by atoms with Gasteiger partial charge in [-0.2, -0.15) is 11.8 Å². The first-order valence-corrected chi connectivity index (χ1v) is 14.0. The predicted molar refractivity (Wildman–Crippen MR) is 150 cm³/mol. The Bertz CT molecular complexity index is 997. The van der Waals surface area contributed by atoms with Gasteiger partial charge in [0.2, 0.25) is 0 Å². The normalized spacial score (nSPS) is 13.6. The van der Waals surface area contributed by atoms with E-state index in [2.05, 4.69) is 10.6 Å². The standard InChI is InChI=1S/C29H40N2O6S/c1-6-35-27(33)25(30-21(2)26(32)37-29(3,4)5)20-38-19-24(17-22-13-9-7-10-14-22)31-28(34)36-18-23-15-11-8-12-16-23/h7-16,21,24-25,30H,6,17-20H2,1-5H3,(H,31,34)/t21-,24-,25-/m0/s1. The van der Waals surface area contributed by atoms with Crippen molar-refractivity contribution in [1.82, 2.24) is 10.6 Å². The molecule has 0 radical (unpaired) electrons. The van der Waals surface area contributed by atoms with Crippen LogP contribution in [0.5, 0.6) is 0 Å². The summed E-state index contributed by atoms with van der Waals surface area (Å²) in [6.07, 6.45) is 0.0918. The van der Waals surface area contributed by atoms with Gasteiger partial charge >= 0.3 is 18.0 Å². The van der Waals surface area contributed by atoms with Gasteiger partial charge in [0.25, 0.3) is 0 Å². The first kappa shape index (κ1) is 31.2. The van der Waals surface area contributed by atoms with Crippen molar-refractivity contribution in [2.24, 2.45) is 0 Å². The zero-order valence-corrected chi connectivity index (χ0v) is 23.7. The molecule has 8 nitrogen and oxygen atoms in total.